The number of amides is 1. The van der Waals surface area contributed by atoms with E-state index in [-0.39, 0.29) is 11.3 Å². The van der Waals surface area contributed by atoms with Crippen LogP contribution in [0.5, 0.6) is 0 Å². The second-order valence-electron chi connectivity index (χ2n) is 4.74. The SMILES string of the molecule is CCNc1ccc([N+](=O)[O-])c(C(=O)NCC(C)CC)c1. The van der Waals surface area contributed by atoms with E-state index in [1.807, 2.05) is 20.8 Å². The minimum Gasteiger partial charge on any atom is -0.385 e. The summed E-state index contributed by atoms with van der Waals surface area (Å²) in [5, 5.41) is 16.8. The molecule has 2 N–H and O–H groups in total. The van der Waals surface area contributed by atoms with Gasteiger partial charge in [0.25, 0.3) is 11.6 Å². The summed E-state index contributed by atoms with van der Waals surface area (Å²) >= 11 is 0. The van der Waals surface area contributed by atoms with E-state index in [2.05, 4.69) is 10.6 Å². The highest BCUT2D eigenvalue weighted by atomic mass is 16.6. The van der Waals surface area contributed by atoms with E-state index in [1.165, 1.54) is 12.1 Å². The third kappa shape index (κ3) is 4.22. The molecule has 0 heterocycles. The van der Waals surface area contributed by atoms with Crippen LogP contribution in [0.4, 0.5) is 11.4 Å². The highest BCUT2D eigenvalue weighted by Gasteiger charge is 2.20. The molecule has 6 heteroatoms. The van der Waals surface area contributed by atoms with Gasteiger partial charge in [-0.3, -0.25) is 14.9 Å². The first-order valence-corrected chi connectivity index (χ1v) is 6.80. The van der Waals surface area contributed by atoms with Crippen molar-refractivity contribution >= 4 is 17.3 Å². The van der Waals surface area contributed by atoms with Gasteiger partial charge in [-0.1, -0.05) is 20.3 Å². The monoisotopic (exact) mass is 279 g/mol. The molecule has 0 aliphatic rings. The average molecular weight is 279 g/mol. The van der Waals surface area contributed by atoms with E-state index < -0.39 is 10.8 Å². The summed E-state index contributed by atoms with van der Waals surface area (Å²) in [6.45, 7) is 7.17. The van der Waals surface area contributed by atoms with Crippen LogP contribution in [0, 0.1) is 16.0 Å². The Morgan fingerprint density at radius 1 is 1.40 bits per heavy atom. The number of benzene rings is 1. The fourth-order valence-corrected chi connectivity index (χ4v) is 1.70. The molecule has 1 aromatic carbocycles. The van der Waals surface area contributed by atoms with Crippen LogP contribution >= 0.6 is 0 Å². The lowest BCUT2D eigenvalue weighted by atomic mass is 10.1. The smallest absolute Gasteiger partial charge is 0.282 e. The summed E-state index contributed by atoms with van der Waals surface area (Å²) in [5.41, 5.74) is 0.622. The van der Waals surface area contributed by atoms with Gasteiger partial charge < -0.3 is 10.6 Å². The van der Waals surface area contributed by atoms with E-state index in [0.29, 0.717) is 24.7 Å². The maximum absolute atomic E-state index is 12.1. The first kappa shape index (κ1) is 15.9. The topological polar surface area (TPSA) is 84.3 Å². The van der Waals surface area contributed by atoms with Crippen LogP contribution in [0.25, 0.3) is 0 Å². The number of nitro groups is 1. The van der Waals surface area contributed by atoms with Crippen LogP contribution in [-0.2, 0) is 0 Å². The number of hydrogen-bond acceptors (Lipinski definition) is 4. The number of rotatable bonds is 7. The first-order valence-electron chi connectivity index (χ1n) is 6.80. The quantitative estimate of drug-likeness (QED) is 0.593. The lowest BCUT2D eigenvalue weighted by molar-refractivity contribution is -0.385. The Morgan fingerprint density at radius 2 is 2.10 bits per heavy atom. The normalized spacial score (nSPS) is 11.8. The van der Waals surface area contributed by atoms with Gasteiger partial charge in [-0.2, -0.15) is 0 Å². The van der Waals surface area contributed by atoms with E-state index in [9.17, 15) is 14.9 Å². The van der Waals surface area contributed by atoms with E-state index in [1.54, 1.807) is 6.07 Å². The van der Waals surface area contributed by atoms with Gasteiger partial charge in [-0.15, -0.1) is 0 Å². The van der Waals surface area contributed by atoms with Crippen molar-refractivity contribution in [3.8, 4) is 0 Å². The minimum atomic E-state index is -0.534. The van der Waals surface area contributed by atoms with Crippen LogP contribution in [0.2, 0.25) is 0 Å². The molecule has 0 aliphatic heterocycles. The molecule has 0 bridgehead atoms. The standard InChI is InChI=1S/C14H21N3O3/c1-4-10(3)9-16-14(18)12-8-11(15-5-2)6-7-13(12)17(19)20/h6-8,10,15H,4-5,9H2,1-3H3,(H,16,18). The zero-order valence-electron chi connectivity index (χ0n) is 12.1. The second-order valence-corrected chi connectivity index (χ2v) is 4.74. The van der Waals surface area contributed by atoms with E-state index in [0.717, 1.165) is 6.42 Å². The molecule has 0 aromatic heterocycles. The molecule has 0 saturated heterocycles. The van der Waals surface area contributed by atoms with Crippen LogP contribution < -0.4 is 10.6 Å². The Hall–Kier alpha value is -2.11. The van der Waals surface area contributed by atoms with Gasteiger partial charge in [0.05, 0.1) is 4.92 Å². The summed E-state index contributed by atoms with van der Waals surface area (Å²) in [4.78, 5) is 22.6. The molecule has 0 spiro atoms. The molecular formula is C14H21N3O3. The molecule has 0 radical (unpaired) electrons. The lowest BCUT2D eigenvalue weighted by Crippen LogP contribution is -2.28. The molecule has 1 aromatic rings. The van der Waals surface area contributed by atoms with Gasteiger partial charge in [0.15, 0.2) is 0 Å². The molecule has 1 unspecified atom stereocenters. The zero-order chi connectivity index (χ0) is 15.1. The van der Waals surface area contributed by atoms with Crippen LogP contribution in [0.3, 0.4) is 0 Å². The summed E-state index contributed by atoms with van der Waals surface area (Å²) in [6, 6.07) is 4.48. The Bertz CT molecular complexity index is 489. The zero-order valence-corrected chi connectivity index (χ0v) is 12.1. The molecule has 1 atom stereocenters. The molecule has 110 valence electrons. The van der Waals surface area contributed by atoms with Crippen molar-refractivity contribution < 1.29 is 9.72 Å². The fraction of sp³-hybridized carbons (Fsp3) is 0.500. The van der Waals surface area contributed by atoms with Crippen molar-refractivity contribution in [2.24, 2.45) is 5.92 Å². The van der Waals surface area contributed by atoms with E-state index >= 15 is 0 Å². The summed E-state index contributed by atoms with van der Waals surface area (Å²) in [6.07, 6.45) is 0.944. The molecule has 20 heavy (non-hydrogen) atoms. The van der Waals surface area contributed by atoms with Gasteiger partial charge in [-0.05, 0) is 25.0 Å². The highest BCUT2D eigenvalue weighted by Crippen LogP contribution is 2.22. The molecule has 1 amide bonds. The molecule has 0 fully saturated rings. The number of anilines is 1. The Balaban J connectivity index is 2.96. The molecule has 1 rings (SSSR count). The Kier molecular flexibility index (Phi) is 5.96. The van der Waals surface area contributed by atoms with Crippen LogP contribution in [0.15, 0.2) is 18.2 Å². The average Bonchev–Trinajstić information content (AvgIpc) is 2.44. The van der Waals surface area contributed by atoms with Crippen molar-refractivity contribution in [3.63, 3.8) is 0 Å². The van der Waals surface area contributed by atoms with Crippen LogP contribution in [0.1, 0.15) is 37.6 Å². The summed E-state index contributed by atoms with van der Waals surface area (Å²) < 4.78 is 0. The fourth-order valence-electron chi connectivity index (χ4n) is 1.70. The van der Waals surface area contributed by atoms with Gasteiger partial charge in [-0.25, -0.2) is 0 Å². The Labute approximate surface area is 118 Å². The first-order chi connectivity index (χ1) is 9.49. The van der Waals surface area contributed by atoms with Crippen molar-refractivity contribution in [2.45, 2.75) is 27.2 Å². The van der Waals surface area contributed by atoms with Crippen molar-refractivity contribution in [2.75, 3.05) is 18.4 Å². The van der Waals surface area contributed by atoms with Crippen molar-refractivity contribution in [1.82, 2.24) is 5.32 Å². The Morgan fingerprint density at radius 3 is 2.65 bits per heavy atom. The predicted octanol–water partition coefficient (Wildman–Crippen LogP) is 2.80. The van der Waals surface area contributed by atoms with Gasteiger partial charge in [0.2, 0.25) is 0 Å². The maximum Gasteiger partial charge on any atom is 0.282 e. The molecule has 0 aliphatic carbocycles. The van der Waals surface area contributed by atoms with Gasteiger partial charge in [0.1, 0.15) is 5.56 Å². The molecular weight excluding hydrogens is 258 g/mol. The largest absolute Gasteiger partial charge is 0.385 e. The third-order valence-corrected chi connectivity index (χ3v) is 3.13. The van der Waals surface area contributed by atoms with Crippen molar-refractivity contribution in [3.05, 3.63) is 33.9 Å². The number of carbonyl (C=O) groups excluding carboxylic acids is 1. The second kappa shape index (κ2) is 7.47. The predicted molar refractivity (Wildman–Crippen MR) is 79.0 cm³/mol. The molecule has 0 saturated carbocycles. The lowest BCUT2D eigenvalue weighted by Gasteiger charge is -2.11. The van der Waals surface area contributed by atoms with Gasteiger partial charge >= 0.3 is 0 Å². The maximum atomic E-state index is 12.1. The van der Waals surface area contributed by atoms with Gasteiger partial charge in [0, 0.05) is 24.8 Å². The number of nitrogens with one attached hydrogen (secondary N) is 2. The highest BCUT2D eigenvalue weighted by molar-refractivity contribution is 5.99. The third-order valence-electron chi connectivity index (χ3n) is 3.13. The number of nitrogens with zero attached hydrogens (tertiary/aromatic N) is 1. The molecule has 6 nitrogen and oxygen atoms in total. The summed E-state index contributed by atoms with van der Waals surface area (Å²) in [7, 11) is 0. The number of nitro benzene ring substituents is 1. The van der Waals surface area contributed by atoms with E-state index in [4.69, 9.17) is 0 Å². The number of hydrogen-bond donors (Lipinski definition) is 2. The number of carbonyl (C=O) groups is 1. The minimum absolute atomic E-state index is 0.0942. The summed E-state index contributed by atoms with van der Waals surface area (Å²) in [5.74, 6) is -0.0632. The van der Waals surface area contributed by atoms with Crippen LogP contribution in [-0.4, -0.2) is 23.9 Å². The van der Waals surface area contributed by atoms with Crippen molar-refractivity contribution in [1.29, 1.82) is 0 Å².